The molecule has 1 fully saturated rings. The number of likely N-dealkylation sites (tertiary alicyclic amines) is 1. The van der Waals surface area contributed by atoms with Crippen molar-refractivity contribution in [3.05, 3.63) is 33.9 Å². The first-order valence-electron chi connectivity index (χ1n) is 6.32. The fourth-order valence-electron chi connectivity index (χ4n) is 2.42. The summed E-state index contributed by atoms with van der Waals surface area (Å²) < 4.78 is 4.95. The lowest BCUT2D eigenvalue weighted by molar-refractivity contribution is -0.385. The number of amides is 1. The Balaban J connectivity index is 2.29. The highest BCUT2D eigenvalue weighted by atomic mass is 16.6. The van der Waals surface area contributed by atoms with Gasteiger partial charge in [-0.15, -0.1) is 0 Å². The molecule has 0 spiro atoms. The highest BCUT2D eigenvalue weighted by molar-refractivity contribution is 5.95. The zero-order chi connectivity index (χ0) is 14.7. The van der Waals surface area contributed by atoms with Gasteiger partial charge in [-0.25, -0.2) is 0 Å². The van der Waals surface area contributed by atoms with E-state index in [2.05, 4.69) is 0 Å². The number of hydrogen-bond donors (Lipinski definition) is 1. The van der Waals surface area contributed by atoms with Crippen LogP contribution in [-0.4, -0.2) is 47.1 Å². The van der Waals surface area contributed by atoms with Crippen molar-refractivity contribution < 1.29 is 19.6 Å². The predicted octanol–water partition coefficient (Wildman–Crippen LogP) is 1.20. The van der Waals surface area contributed by atoms with E-state index >= 15 is 0 Å². The molecule has 1 atom stereocenters. The van der Waals surface area contributed by atoms with Crippen LogP contribution in [-0.2, 0) is 0 Å². The summed E-state index contributed by atoms with van der Waals surface area (Å²) in [5, 5.41) is 20.1. The van der Waals surface area contributed by atoms with Crippen LogP contribution in [0.15, 0.2) is 18.2 Å². The van der Waals surface area contributed by atoms with Crippen molar-refractivity contribution in [2.24, 2.45) is 0 Å². The number of nitrogens with zero attached hydrogens (tertiary/aromatic N) is 2. The molecule has 0 radical (unpaired) electrons. The summed E-state index contributed by atoms with van der Waals surface area (Å²) in [7, 11) is 1.32. The van der Waals surface area contributed by atoms with Crippen molar-refractivity contribution in [1.29, 1.82) is 0 Å². The quantitative estimate of drug-likeness (QED) is 0.660. The Morgan fingerprint density at radius 2 is 2.35 bits per heavy atom. The van der Waals surface area contributed by atoms with Gasteiger partial charge in [0.05, 0.1) is 24.7 Å². The Hall–Kier alpha value is -2.15. The molecule has 7 heteroatoms. The third kappa shape index (κ3) is 2.57. The summed E-state index contributed by atoms with van der Waals surface area (Å²) in [4.78, 5) is 24.2. The lowest BCUT2D eigenvalue weighted by Gasteiger charge is -2.23. The molecule has 2 rings (SSSR count). The van der Waals surface area contributed by atoms with E-state index in [0.717, 1.165) is 12.8 Å². The third-order valence-electron chi connectivity index (χ3n) is 3.47. The SMILES string of the molecule is COc1cc(C(=O)N2CCC[C@@H]2CO)ccc1[N+](=O)[O-]. The van der Waals surface area contributed by atoms with Crippen LogP contribution in [0.5, 0.6) is 5.75 Å². The number of rotatable bonds is 4. The summed E-state index contributed by atoms with van der Waals surface area (Å²) in [6, 6.07) is 3.86. The monoisotopic (exact) mass is 280 g/mol. The van der Waals surface area contributed by atoms with E-state index in [1.165, 1.54) is 25.3 Å². The minimum Gasteiger partial charge on any atom is -0.490 e. The van der Waals surface area contributed by atoms with Crippen molar-refractivity contribution in [3.63, 3.8) is 0 Å². The van der Waals surface area contributed by atoms with Crippen molar-refractivity contribution in [2.45, 2.75) is 18.9 Å². The number of nitro groups is 1. The van der Waals surface area contributed by atoms with Crippen molar-refractivity contribution >= 4 is 11.6 Å². The Morgan fingerprint density at radius 3 is 2.95 bits per heavy atom. The van der Waals surface area contributed by atoms with Crippen LogP contribution in [0.1, 0.15) is 23.2 Å². The standard InChI is InChI=1S/C13H16N2O5/c1-20-12-7-9(4-5-11(12)15(18)19)13(17)14-6-2-3-10(14)8-16/h4-5,7,10,16H,2-3,6,8H2,1H3/t10-/m1/s1. The minimum absolute atomic E-state index is 0.0561. The van der Waals surface area contributed by atoms with E-state index in [1.807, 2.05) is 0 Å². The summed E-state index contributed by atoms with van der Waals surface area (Å²) in [5.74, 6) is -0.185. The van der Waals surface area contributed by atoms with E-state index in [-0.39, 0.29) is 30.0 Å². The molecule has 0 aromatic heterocycles. The zero-order valence-electron chi connectivity index (χ0n) is 11.1. The maximum Gasteiger partial charge on any atom is 0.310 e. The number of ether oxygens (including phenoxy) is 1. The zero-order valence-corrected chi connectivity index (χ0v) is 11.1. The second-order valence-corrected chi connectivity index (χ2v) is 4.62. The second-order valence-electron chi connectivity index (χ2n) is 4.62. The summed E-state index contributed by atoms with van der Waals surface area (Å²) >= 11 is 0. The largest absolute Gasteiger partial charge is 0.490 e. The molecule has 1 heterocycles. The van der Waals surface area contributed by atoms with Crippen LogP contribution in [0.2, 0.25) is 0 Å². The molecule has 1 aliphatic heterocycles. The van der Waals surface area contributed by atoms with Crippen LogP contribution in [0.3, 0.4) is 0 Å². The lowest BCUT2D eigenvalue weighted by Crippen LogP contribution is -2.37. The molecule has 1 N–H and O–H groups in total. The fourth-order valence-corrected chi connectivity index (χ4v) is 2.42. The number of aliphatic hydroxyl groups excluding tert-OH is 1. The first kappa shape index (κ1) is 14.3. The summed E-state index contributed by atoms with van der Waals surface area (Å²) in [6.07, 6.45) is 1.62. The second kappa shape index (κ2) is 5.87. The Kier molecular flexibility index (Phi) is 4.19. The predicted molar refractivity (Wildman–Crippen MR) is 70.8 cm³/mol. The van der Waals surface area contributed by atoms with Gasteiger partial charge in [0.25, 0.3) is 5.91 Å². The average molecular weight is 280 g/mol. The van der Waals surface area contributed by atoms with Crippen molar-refractivity contribution in [3.8, 4) is 5.75 Å². The molecule has 20 heavy (non-hydrogen) atoms. The number of methoxy groups -OCH3 is 1. The Morgan fingerprint density at radius 1 is 1.60 bits per heavy atom. The molecule has 1 aromatic carbocycles. The van der Waals surface area contributed by atoms with Crippen LogP contribution < -0.4 is 4.74 Å². The number of carbonyl (C=O) groups excluding carboxylic acids is 1. The molecule has 0 bridgehead atoms. The van der Waals surface area contributed by atoms with E-state index in [4.69, 9.17) is 4.74 Å². The molecule has 1 aromatic rings. The van der Waals surface area contributed by atoms with Gasteiger partial charge >= 0.3 is 5.69 Å². The van der Waals surface area contributed by atoms with E-state index in [1.54, 1.807) is 4.90 Å². The molecular weight excluding hydrogens is 264 g/mol. The smallest absolute Gasteiger partial charge is 0.310 e. The summed E-state index contributed by atoms with van der Waals surface area (Å²) in [5.41, 5.74) is 0.150. The number of hydrogen-bond acceptors (Lipinski definition) is 5. The van der Waals surface area contributed by atoms with Crippen LogP contribution in [0.4, 0.5) is 5.69 Å². The van der Waals surface area contributed by atoms with E-state index < -0.39 is 4.92 Å². The van der Waals surface area contributed by atoms with E-state index in [9.17, 15) is 20.0 Å². The van der Waals surface area contributed by atoms with Gasteiger partial charge in [0.15, 0.2) is 5.75 Å². The van der Waals surface area contributed by atoms with Crippen LogP contribution >= 0.6 is 0 Å². The highest BCUT2D eigenvalue weighted by Crippen LogP contribution is 2.29. The molecule has 0 aliphatic carbocycles. The van der Waals surface area contributed by atoms with Gasteiger partial charge in [0, 0.05) is 24.2 Å². The lowest BCUT2D eigenvalue weighted by atomic mass is 10.1. The first-order valence-corrected chi connectivity index (χ1v) is 6.32. The normalized spacial score (nSPS) is 18.1. The highest BCUT2D eigenvalue weighted by Gasteiger charge is 2.29. The van der Waals surface area contributed by atoms with Gasteiger partial charge in [-0.3, -0.25) is 14.9 Å². The van der Waals surface area contributed by atoms with Gasteiger partial charge in [0.1, 0.15) is 0 Å². The van der Waals surface area contributed by atoms with Crippen molar-refractivity contribution in [1.82, 2.24) is 4.90 Å². The molecule has 7 nitrogen and oxygen atoms in total. The number of carbonyl (C=O) groups is 1. The van der Waals surface area contributed by atoms with Gasteiger partial charge in [-0.1, -0.05) is 0 Å². The Labute approximate surface area is 115 Å². The molecule has 1 saturated heterocycles. The molecule has 1 amide bonds. The Bertz CT molecular complexity index is 531. The van der Waals surface area contributed by atoms with Gasteiger partial charge in [-0.05, 0) is 18.9 Å². The van der Waals surface area contributed by atoms with Crippen molar-refractivity contribution in [2.75, 3.05) is 20.3 Å². The minimum atomic E-state index is -0.556. The maximum absolute atomic E-state index is 12.4. The van der Waals surface area contributed by atoms with Gasteiger partial charge in [-0.2, -0.15) is 0 Å². The molecular formula is C13H16N2O5. The van der Waals surface area contributed by atoms with Gasteiger partial charge in [0.2, 0.25) is 0 Å². The summed E-state index contributed by atoms with van der Waals surface area (Å²) in [6.45, 7) is 0.513. The molecule has 1 aliphatic rings. The topological polar surface area (TPSA) is 92.9 Å². The first-order chi connectivity index (χ1) is 9.58. The van der Waals surface area contributed by atoms with Crippen LogP contribution in [0.25, 0.3) is 0 Å². The fraction of sp³-hybridized carbons (Fsp3) is 0.462. The third-order valence-corrected chi connectivity index (χ3v) is 3.47. The number of benzene rings is 1. The van der Waals surface area contributed by atoms with Crippen LogP contribution in [0, 0.1) is 10.1 Å². The molecule has 0 unspecified atom stereocenters. The number of nitro benzene ring substituents is 1. The van der Waals surface area contributed by atoms with E-state index in [0.29, 0.717) is 12.1 Å². The maximum atomic E-state index is 12.4. The molecule has 0 saturated carbocycles. The number of aliphatic hydroxyl groups is 1. The van der Waals surface area contributed by atoms with Gasteiger partial charge < -0.3 is 14.7 Å². The average Bonchev–Trinajstić information content (AvgIpc) is 2.93. The molecule has 108 valence electrons.